The molecule has 2 aromatic carbocycles. The number of Topliss-reactive ketones (excluding diaryl/α,β-unsaturated/α-hetero) is 2. The molecular weight excluding hydrogens is 434 g/mol. The van der Waals surface area contributed by atoms with E-state index >= 15 is 0 Å². The number of methoxy groups -OCH3 is 2. The zero-order valence-corrected chi connectivity index (χ0v) is 19.5. The molecule has 174 valence electrons. The van der Waals surface area contributed by atoms with Gasteiger partial charge in [-0.2, -0.15) is 0 Å². The Morgan fingerprint density at radius 2 is 1.85 bits per heavy atom. The second-order valence-corrected chi connectivity index (χ2v) is 8.55. The first-order valence-electron chi connectivity index (χ1n) is 11.1. The second-order valence-electron chi connectivity index (χ2n) is 8.55. The summed E-state index contributed by atoms with van der Waals surface area (Å²) in [6.07, 6.45) is 2.30. The van der Waals surface area contributed by atoms with E-state index in [-0.39, 0.29) is 18.4 Å². The molecule has 2 heterocycles. The Hall–Kier alpha value is -3.87. The molecule has 2 aromatic rings. The van der Waals surface area contributed by atoms with Gasteiger partial charge in [-0.25, -0.2) is 0 Å². The Labute approximate surface area is 197 Å². The van der Waals surface area contributed by atoms with Crippen LogP contribution in [0.5, 0.6) is 23.0 Å². The van der Waals surface area contributed by atoms with Crippen LogP contribution in [0.3, 0.4) is 0 Å². The molecule has 3 aliphatic rings. The lowest BCUT2D eigenvalue weighted by molar-refractivity contribution is -0.117. The largest absolute Gasteiger partial charge is 0.497 e. The average Bonchev–Trinajstić information content (AvgIpc) is 3.41. The Kier molecular flexibility index (Phi) is 5.48. The van der Waals surface area contributed by atoms with Gasteiger partial charge in [-0.15, -0.1) is 0 Å². The van der Waals surface area contributed by atoms with Gasteiger partial charge in [0.25, 0.3) is 0 Å². The smallest absolute Gasteiger partial charge is 0.231 e. The van der Waals surface area contributed by atoms with Gasteiger partial charge in [-0.1, -0.05) is 12.1 Å². The SMILES string of the molecule is COc1ccc(C2C(C(C)=O)=C(C)N=C3C=C(Cc4ccc5c(c4)OCO5)C(=O)C32)c(OC)c1. The number of ketones is 2. The van der Waals surface area contributed by atoms with E-state index < -0.39 is 11.8 Å². The van der Waals surface area contributed by atoms with Crippen LogP contribution < -0.4 is 18.9 Å². The predicted octanol–water partition coefficient (Wildman–Crippen LogP) is 4.20. The van der Waals surface area contributed by atoms with Crippen molar-refractivity contribution < 1.29 is 28.5 Å². The van der Waals surface area contributed by atoms with Gasteiger partial charge in [0.2, 0.25) is 6.79 Å². The molecule has 34 heavy (non-hydrogen) atoms. The highest BCUT2D eigenvalue weighted by Gasteiger charge is 2.45. The number of hydrogen-bond donors (Lipinski definition) is 0. The number of aliphatic imine (C=N–C) groups is 1. The standard InChI is InChI=1S/C27H25NO6/c1-14-24(15(2)29)25(19-7-6-18(31-3)12-22(19)32-4)26-20(28-14)11-17(27(26)30)9-16-5-8-21-23(10-16)34-13-33-21/h5-8,10-12,25-26H,9,13H2,1-4H3. The van der Waals surface area contributed by atoms with Crippen LogP contribution in [0.1, 0.15) is 30.9 Å². The van der Waals surface area contributed by atoms with Crippen molar-refractivity contribution in [1.82, 2.24) is 0 Å². The van der Waals surface area contributed by atoms with Crippen molar-refractivity contribution in [2.45, 2.75) is 26.2 Å². The van der Waals surface area contributed by atoms with Crippen LogP contribution in [-0.4, -0.2) is 38.3 Å². The van der Waals surface area contributed by atoms with E-state index in [1.807, 2.05) is 43.3 Å². The summed E-state index contributed by atoms with van der Waals surface area (Å²) in [5, 5.41) is 0. The molecule has 0 fully saturated rings. The van der Waals surface area contributed by atoms with Crippen LogP contribution in [0.25, 0.3) is 0 Å². The maximum absolute atomic E-state index is 13.8. The molecular formula is C27H25NO6. The summed E-state index contributed by atoms with van der Waals surface area (Å²) < 4.78 is 21.9. The highest BCUT2D eigenvalue weighted by atomic mass is 16.7. The van der Waals surface area contributed by atoms with E-state index in [9.17, 15) is 9.59 Å². The molecule has 5 rings (SSSR count). The first-order chi connectivity index (χ1) is 16.4. The monoisotopic (exact) mass is 459 g/mol. The van der Waals surface area contributed by atoms with E-state index in [0.29, 0.717) is 52.0 Å². The number of rotatable bonds is 6. The van der Waals surface area contributed by atoms with E-state index in [1.54, 1.807) is 20.3 Å². The zero-order chi connectivity index (χ0) is 24.0. The minimum atomic E-state index is -0.589. The molecule has 2 aliphatic heterocycles. The van der Waals surface area contributed by atoms with Crippen molar-refractivity contribution in [1.29, 1.82) is 0 Å². The van der Waals surface area contributed by atoms with Crippen molar-refractivity contribution in [3.8, 4) is 23.0 Å². The number of fused-ring (bicyclic) bond motifs is 2. The fourth-order valence-corrected chi connectivity index (χ4v) is 5.04. The number of hydrogen-bond acceptors (Lipinski definition) is 7. The quantitative estimate of drug-likeness (QED) is 0.644. The molecule has 2 atom stereocenters. The summed E-state index contributed by atoms with van der Waals surface area (Å²) in [6, 6.07) is 11.1. The summed E-state index contributed by atoms with van der Waals surface area (Å²) in [5.74, 6) is 1.34. The van der Waals surface area contributed by atoms with Gasteiger partial charge in [0, 0.05) is 40.8 Å². The van der Waals surface area contributed by atoms with Crippen LogP contribution in [0.4, 0.5) is 0 Å². The molecule has 1 aliphatic carbocycles. The van der Waals surface area contributed by atoms with Gasteiger partial charge in [-0.3, -0.25) is 14.6 Å². The summed E-state index contributed by atoms with van der Waals surface area (Å²) in [5.41, 5.74) is 4.18. The number of carbonyl (C=O) groups excluding carboxylic acids is 2. The van der Waals surface area contributed by atoms with Crippen molar-refractivity contribution in [3.05, 3.63) is 70.4 Å². The number of ether oxygens (including phenoxy) is 4. The third kappa shape index (κ3) is 3.57. The Bertz CT molecular complexity index is 1300. The lowest BCUT2D eigenvalue weighted by atomic mass is 9.73. The summed E-state index contributed by atoms with van der Waals surface area (Å²) in [7, 11) is 3.15. The van der Waals surface area contributed by atoms with Gasteiger partial charge in [0.05, 0.1) is 25.8 Å². The molecule has 0 N–H and O–H groups in total. The molecule has 0 saturated heterocycles. The third-order valence-corrected chi connectivity index (χ3v) is 6.56. The normalized spacial score (nSPS) is 20.6. The molecule has 0 spiro atoms. The van der Waals surface area contributed by atoms with Gasteiger partial charge < -0.3 is 18.9 Å². The van der Waals surface area contributed by atoms with Crippen molar-refractivity contribution in [2.75, 3.05) is 21.0 Å². The average molecular weight is 459 g/mol. The van der Waals surface area contributed by atoms with Crippen molar-refractivity contribution >= 4 is 17.3 Å². The molecule has 0 saturated carbocycles. The topological polar surface area (TPSA) is 83.4 Å². The van der Waals surface area contributed by atoms with Crippen molar-refractivity contribution in [3.63, 3.8) is 0 Å². The highest BCUT2D eigenvalue weighted by molar-refractivity contribution is 6.26. The molecule has 0 radical (unpaired) electrons. The van der Waals surface area contributed by atoms with E-state index in [1.165, 1.54) is 6.92 Å². The summed E-state index contributed by atoms with van der Waals surface area (Å²) in [4.78, 5) is 31.2. The van der Waals surface area contributed by atoms with Crippen molar-refractivity contribution in [2.24, 2.45) is 10.9 Å². The highest BCUT2D eigenvalue weighted by Crippen LogP contribution is 2.47. The van der Waals surface area contributed by atoms with Crippen LogP contribution >= 0.6 is 0 Å². The number of benzene rings is 2. The van der Waals surface area contributed by atoms with Gasteiger partial charge >= 0.3 is 0 Å². The molecule has 7 nitrogen and oxygen atoms in total. The maximum Gasteiger partial charge on any atom is 0.231 e. The molecule has 2 unspecified atom stereocenters. The van der Waals surface area contributed by atoms with Gasteiger partial charge in [-0.05, 0) is 43.7 Å². The minimum absolute atomic E-state index is 0.0365. The van der Waals surface area contributed by atoms with Crippen LogP contribution in [-0.2, 0) is 16.0 Å². The predicted molar refractivity (Wildman–Crippen MR) is 126 cm³/mol. The summed E-state index contributed by atoms with van der Waals surface area (Å²) >= 11 is 0. The van der Waals surface area contributed by atoms with Gasteiger partial charge in [0.15, 0.2) is 23.1 Å². The van der Waals surface area contributed by atoms with E-state index in [0.717, 1.165) is 11.1 Å². The van der Waals surface area contributed by atoms with E-state index in [2.05, 4.69) is 4.99 Å². The zero-order valence-electron chi connectivity index (χ0n) is 19.5. The molecule has 0 bridgehead atoms. The molecule has 7 heteroatoms. The Balaban J connectivity index is 1.55. The third-order valence-electron chi connectivity index (χ3n) is 6.56. The minimum Gasteiger partial charge on any atom is -0.497 e. The van der Waals surface area contributed by atoms with Crippen LogP contribution in [0, 0.1) is 5.92 Å². The lowest BCUT2D eigenvalue weighted by Crippen LogP contribution is -2.32. The summed E-state index contributed by atoms with van der Waals surface area (Å²) in [6.45, 7) is 3.53. The molecule has 0 aromatic heterocycles. The lowest BCUT2D eigenvalue weighted by Gasteiger charge is -2.31. The van der Waals surface area contributed by atoms with Gasteiger partial charge in [0.1, 0.15) is 11.5 Å². The first-order valence-corrected chi connectivity index (χ1v) is 11.1. The second kappa shape index (κ2) is 8.48. The Morgan fingerprint density at radius 1 is 1.06 bits per heavy atom. The van der Waals surface area contributed by atoms with E-state index in [4.69, 9.17) is 18.9 Å². The fourth-order valence-electron chi connectivity index (χ4n) is 5.04. The molecule has 0 amide bonds. The number of allylic oxidation sites excluding steroid dienone is 4. The fraction of sp³-hybridized carbons (Fsp3) is 0.296. The first kappa shape index (κ1) is 21.9. The maximum atomic E-state index is 13.8. The van der Waals surface area contributed by atoms with Crippen LogP contribution in [0.2, 0.25) is 0 Å². The van der Waals surface area contributed by atoms with Crippen LogP contribution in [0.15, 0.2) is 64.3 Å². The number of nitrogens with zero attached hydrogens (tertiary/aromatic N) is 1. The number of carbonyl (C=O) groups is 2. The Morgan fingerprint density at radius 3 is 2.59 bits per heavy atom.